The Morgan fingerprint density at radius 2 is 2.05 bits per heavy atom. The smallest absolute Gasteiger partial charge is 0.0205 e. The predicted octanol–water partition coefficient (Wildman–Crippen LogP) is 3.76. The maximum absolute atomic E-state index is 3.56. The molecular formula is C17H28N2S. The first-order valence-corrected chi connectivity index (χ1v) is 9.10. The highest BCUT2D eigenvalue weighted by Gasteiger charge is 2.16. The molecule has 1 saturated heterocycles. The third-order valence-electron chi connectivity index (χ3n) is 4.23. The fourth-order valence-electron chi connectivity index (χ4n) is 2.87. The van der Waals surface area contributed by atoms with Crippen molar-refractivity contribution in [2.24, 2.45) is 0 Å². The lowest BCUT2D eigenvalue weighted by molar-refractivity contribution is 0.159. The molecule has 1 N–H and O–H groups in total. The van der Waals surface area contributed by atoms with E-state index in [-0.39, 0.29) is 0 Å². The molecule has 1 heterocycles. The van der Waals surface area contributed by atoms with Crippen LogP contribution in [0, 0.1) is 0 Å². The minimum Gasteiger partial charge on any atom is -0.313 e. The number of thioether (sulfide) groups is 1. The average Bonchev–Trinajstić information content (AvgIpc) is 2.49. The van der Waals surface area contributed by atoms with Crippen LogP contribution < -0.4 is 5.32 Å². The van der Waals surface area contributed by atoms with E-state index < -0.39 is 0 Å². The standard InChI is InChI=1S/C17H28N2S/c1-15-6-3-4-12-19(15)13-5-11-18-14-16-7-9-17(20-2)10-8-16/h7-10,15,18H,3-6,11-14H2,1-2H3. The number of rotatable bonds is 7. The summed E-state index contributed by atoms with van der Waals surface area (Å²) in [6.07, 6.45) is 7.57. The first-order chi connectivity index (χ1) is 9.79. The monoisotopic (exact) mass is 292 g/mol. The molecule has 2 nitrogen and oxygen atoms in total. The zero-order valence-electron chi connectivity index (χ0n) is 12.9. The Balaban J connectivity index is 1.58. The van der Waals surface area contributed by atoms with Crippen molar-refractivity contribution >= 4 is 11.8 Å². The number of nitrogens with one attached hydrogen (secondary N) is 1. The van der Waals surface area contributed by atoms with Gasteiger partial charge in [0.05, 0.1) is 0 Å². The van der Waals surface area contributed by atoms with Crippen molar-refractivity contribution in [3.8, 4) is 0 Å². The molecule has 2 rings (SSSR count). The molecule has 112 valence electrons. The van der Waals surface area contributed by atoms with E-state index in [1.165, 1.54) is 49.2 Å². The van der Waals surface area contributed by atoms with Crippen molar-refractivity contribution < 1.29 is 0 Å². The largest absolute Gasteiger partial charge is 0.313 e. The Hall–Kier alpha value is -0.510. The highest BCUT2D eigenvalue weighted by atomic mass is 32.2. The van der Waals surface area contributed by atoms with E-state index in [0.29, 0.717) is 0 Å². The maximum atomic E-state index is 3.56. The van der Waals surface area contributed by atoms with E-state index in [4.69, 9.17) is 0 Å². The summed E-state index contributed by atoms with van der Waals surface area (Å²) in [4.78, 5) is 3.99. The summed E-state index contributed by atoms with van der Waals surface area (Å²) in [6, 6.07) is 9.66. The predicted molar refractivity (Wildman–Crippen MR) is 89.4 cm³/mol. The molecule has 20 heavy (non-hydrogen) atoms. The Kier molecular flexibility index (Phi) is 6.91. The summed E-state index contributed by atoms with van der Waals surface area (Å²) in [7, 11) is 0. The summed E-state index contributed by atoms with van der Waals surface area (Å²) in [5.41, 5.74) is 1.38. The Morgan fingerprint density at radius 3 is 2.75 bits per heavy atom. The zero-order valence-corrected chi connectivity index (χ0v) is 13.7. The number of nitrogens with zero attached hydrogens (tertiary/aromatic N) is 1. The van der Waals surface area contributed by atoms with E-state index in [2.05, 4.69) is 47.7 Å². The van der Waals surface area contributed by atoms with Gasteiger partial charge in [0.15, 0.2) is 0 Å². The Bertz CT molecular complexity index is 377. The van der Waals surface area contributed by atoms with Gasteiger partial charge in [0, 0.05) is 17.5 Å². The summed E-state index contributed by atoms with van der Waals surface area (Å²) in [6.45, 7) is 7.04. The van der Waals surface area contributed by atoms with Gasteiger partial charge in [-0.05, 0) is 69.8 Å². The minimum atomic E-state index is 0.794. The van der Waals surface area contributed by atoms with Crippen molar-refractivity contribution in [3.63, 3.8) is 0 Å². The second-order valence-electron chi connectivity index (χ2n) is 5.76. The van der Waals surface area contributed by atoms with Gasteiger partial charge in [-0.3, -0.25) is 0 Å². The van der Waals surface area contributed by atoms with Crippen LogP contribution in [-0.4, -0.2) is 36.8 Å². The molecule has 1 atom stereocenters. The van der Waals surface area contributed by atoms with E-state index >= 15 is 0 Å². The quantitative estimate of drug-likeness (QED) is 0.608. The van der Waals surface area contributed by atoms with Gasteiger partial charge in [-0.15, -0.1) is 11.8 Å². The first-order valence-electron chi connectivity index (χ1n) is 7.87. The molecule has 0 spiro atoms. The van der Waals surface area contributed by atoms with Gasteiger partial charge < -0.3 is 10.2 Å². The van der Waals surface area contributed by atoms with E-state index in [0.717, 1.165) is 19.1 Å². The number of hydrogen-bond donors (Lipinski definition) is 1. The molecule has 1 aromatic carbocycles. The van der Waals surface area contributed by atoms with Crippen molar-refractivity contribution in [2.45, 2.75) is 50.1 Å². The number of benzene rings is 1. The summed E-state index contributed by atoms with van der Waals surface area (Å²) >= 11 is 1.80. The lowest BCUT2D eigenvalue weighted by Gasteiger charge is -2.33. The highest BCUT2D eigenvalue weighted by molar-refractivity contribution is 7.98. The van der Waals surface area contributed by atoms with Crippen LogP contribution in [0.5, 0.6) is 0 Å². The molecule has 1 aromatic rings. The number of piperidine rings is 1. The van der Waals surface area contributed by atoms with Crippen LogP contribution in [0.2, 0.25) is 0 Å². The Morgan fingerprint density at radius 1 is 1.25 bits per heavy atom. The van der Waals surface area contributed by atoms with Crippen LogP contribution in [0.3, 0.4) is 0 Å². The van der Waals surface area contributed by atoms with Gasteiger partial charge in [0.1, 0.15) is 0 Å². The molecule has 1 unspecified atom stereocenters. The van der Waals surface area contributed by atoms with Crippen LogP contribution in [0.4, 0.5) is 0 Å². The summed E-state index contributed by atoms with van der Waals surface area (Å²) in [5, 5.41) is 3.56. The zero-order chi connectivity index (χ0) is 14.2. The van der Waals surface area contributed by atoms with E-state index in [1.807, 2.05) is 0 Å². The lowest BCUT2D eigenvalue weighted by Crippen LogP contribution is -2.38. The average molecular weight is 292 g/mol. The molecule has 0 bridgehead atoms. The molecular weight excluding hydrogens is 264 g/mol. The molecule has 3 heteroatoms. The van der Waals surface area contributed by atoms with Crippen molar-refractivity contribution in [2.75, 3.05) is 25.9 Å². The van der Waals surface area contributed by atoms with Crippen LogP contribution in [0.25, 0.3) is 0 Å². The Labute approximate surface area is 128 Å². The minimum absolute atomic E-state index is 0.794. The maximum Gasteiger partial charge on any atom is 0.0205 e. The van der Waals surface area contributed by atoms with Crippen molar-refractivity contribution in [3.05, 3.63) is 29.8 Å². The van der Waals surface area contributed by atoms with E-state index in [9.17, 15) is 0 Å². The number of likely N-dealkylation sites (tertiary alicyclic amines) is 1. The van der Waals surface area contributed by atoms with Crippen molar-refractivity contribution in [1.29, 1.82) is 0 Å². The topological polar surface area (TPSA) is 15.3 Å². The molecule has 0 saturated carbocycles. The first kappa shape index (κ1) is 15.9. The third kappa shape index (κ3) is 5.12. The van der Waals surface area contributed by atoms with E-state index in [1.54, 1.807) is 11.8 Å². The van der Waals surface area contributed by atoms with Crippen LogP contribution in [0.1, 0.15) is 38.2 Å². The second-order valence-corrected chi connectivity index (χ2v) is 6.64. The number of hydrogen-bond acceptors (Lipinski definition) is 3. The molecule has 0 aromatic heterocycles. The van der Waals surface area contributed by atoms with Crippen molar-refractivity contribution in [1.82, 2.24) is 10.2 Å². The fourth-order valence-corrected chi connectivity index (χ4v) is 3.28. The van der Waals surface area contributed by atoms with Gasteiger partial charge >= 0.3 is 0 Å². The summed E-state index contributed by atoms with van der Waals surface area (Å²) in [5.74, 6) is 0. The summed E-state index contributed by atoms with van der Waals surface area (Å²) < 4.78 is 0. The molecule has 0 radical (unpaired) electrons. The van der Waals surface area contributed by atoms with Crippen LogP contribution in [-0.2, 0) is 6.54 Å². The SMILES string of the molecule is CSc1ccc(CNCCCN2CCCCC2C)cc1. The lowest BCUT2D eigenvalue weighted by atomic mass is 10.0. The van der Waals surface area contributed by atoms with Gasteiger partial charge in [-0.25, -0.2) is 0 Å². The van der Waals surface area contributed by atoms with Gasteiger partial charge in [0.2, 0.25) is 0 Å². The third-order valence-corrected chi connectivity index (χ3v) is 4.97. The second kappa shape index (κ2) is 8.71. The molecule has 1 fully saturated rings. The molecule has 1 aliphatic rings. The van der Waals surface area contributed by atoms with Gasteiger partial charge in [0.25, 0.3) is 0 Å². The van der Waals surface area contributed by atoms with Gasteiger partial charge in [-0.2, -0.15) is 0 Å². The van der Waals surface area contributed by atoms with Crippen LogP contribution in [0.15, 0.2) is 29.2 Å². The fraction of sp³-hybridized carbons (Fsp3) is 0.647. The molecule has 0 amide bonds. The highest BCUT2D eigenvalue weighted by Crippen LogP contribution is 2.16. The van der Waals surface area contributed by atoms with Gasteiger partial charge in [-0.1, -0.05) is 18.6 Å². The van der Waals surface area contributed by atoms with Crippen LogP contribution >= 0.6 is 11.8 Å². The molecule has 0 aliphatic carbocycles. The normalized spacial score (nSPS) is 20.2. The molecule has 1 aliphatic heterocycles.